The van der Waals surface area contributed by atoms with Gasteiger partial charge in [0.15, 0.2) is 8.32 Å². The predicted octanol–water partition coefficient (Wildman–Crippen LogP) is 5.94. The maximum absolute atomic E-state index is 12.8. The summed E-state index contributed by atoms with van der Waals surface area (Å²) >= 11 is 0. The van der Waals surface area contributed by atoms with E-state index in [0.717, 1.165) is 26.1 Å². The van der Waals surface area contributed by atoms with Crippen molar-refractivity contribution in [1.82, 2.24) is 4.57 Å². The Morgan fingerprint density at radius 1 is 1.04 bits per heavy atom. The van der Waals surface area contributed by atoms with Gasteiger partial charge in [0.2, 0.25) is 0 Å². The molecule has 7 heteroatoms. The zero-order valence-electron chi connectivity index (χ0n) is 20.3. The standard InChI is InChI=1S/C20H47NO3Si3/c1-13-23-26(9,10)16-14-15-21(25(6,7)8)17-18(2)19(22)24-27(11,12)20(3,4)5/h18H,13-17H2,1-12H3. The van der Waals surface area contributed by atoms with Crippen molar-refractivity contribution in [3.63, 3.8) is 0 Å². The molecule has 1 atom stereocenters. The fourth-order valence-electron chi connectivity index (χ4n) is 2.77. The van der Waals surface area contributed by atoms with Crippen LogP contribution in [0.4, 0.5) is 0 Å². The molecule has 0 rings (SSSR count). The van der Waals surface area contributed by atoms with Gasteiger partial charge in [-0.3, -0.25) is 4.79 Å². The van der Waals surface area contributed by atoms with Crippen molar-refractivity contribution in [1.29, 1.82) is 0 Å². The van der Waals surface area contributed by atoms with Gasteiger partial charge in [-0.1, -0.05) is 47.3 Å². The molecule has 0 bridgehead atoms. The quantitative estimate of drug-likeness (QED) is 0.378. The van der Waals surface area contributed by atoms with Gasteiger partial charge >= 0.3 is 0 Å². The Hall–Kier alpha value is 0.0406. The van der Waals surface area contributed by atoms with Crippen LogP contribution in [0.2, 0.25) is 56.9 Å². The molecule has 0 aromatic heterocycles. The summed E-state index contributed by atoms with van der Waals surface area (Å²) < 4.78 is 14.6. The molecule has 1 unspecified atom stereocenters. The summed E-state index contributed by atoms with van der Waals surface area (Å²) in [5.74, 6) is -0.100. The Morgan fingerprint density at radius 3 is 1.96 bits per heavy atom. The van der Waals surface area contributed by atoms with Gasteiger partial charge in [-0.2, -0.15) is 0 Å². The van der Waals surface area contributed by atoms with Gasteiger partial charge in [-0.25, -0.2) is 0 Å². The van der Waals surface area contributed by atoms with Crippen LogP contribution in [0.5, 0.6) is 0 Å². The number of rotatable bonds is 11. The zero-order valence-corrected chi connectivity index (χ0v) is 23.3. The number of nitrogens with zero attached hydrogens (tertiary/aromatic N) is 1. The summed E-state index contributed by atoms with van der Waals surface area (Å²) in [6, 6.07) is 1.17. The van der Waals surface area contributed by atoms with E-state index in [1.165, 1.54) is 6.04 Å². The molecular formula is C20H47NO3Si3. The topological polar surface area (TPSA) is 38.8 Å². The van der Waals surface area contributed by atoms with Gasteiger partial charge in [0.25, 0.3) is 14.3 Å². The van der Waals surface area contributed by atoms with Crippen molar-refractivity contribution in [2.75, 3.05) is 19.7 Å². The summed E-state index contributed by atoms with van der Waals surface area (Å²) in [5, 5.41) is 0.0519. The summed E-state index contributed by atoms with van der Waals surface area (Å²) in [4.78, 5) is 12.8. The molecular weight excluding hydrogens is 386 g/mol. The summed E-state index contributed by atoms with van der Waals surface area (Å²) in [6.45, 7) is 29.3. The number of carbonyl (C=O) groups is 1. The molecule has 0 aliphatic heterocycles. The summed E-state index contributed by atoms with van der Waals surface area (Å²) in [7, 11) is -5.09. The van der Waals surface area contributed by atoms with Gasteiger partial charge in [-0.15, -0.1) is 0 Å². The third-order valence-electron chi connectivity index (χ3n) is 5.75. The molecule has 162 valence electrons. The molecule has 0 aliphatic carbocycles. The van der Waals surface area contributed by atoms with E-state index in [-0.39, 0.29) is 16.9 Å². The lowest BCUT2D eigenvalue weighted by Crippen LogP contribution is -2.51. The van der Waals surface area contributed by atoms with E-state index in [1.807, 2.05) is 6.92 Å². The minimum atomic E-state index is -2.05. The van der Waals surface area contributed by atoms with E-state index in [1.54, 1.807) is 0 Å². The Bertz CT molecular complexity index is 468. The lowest BCUT2D eigenvalue weighted by molar-refractivity contribution is -0.139. The van der Waals surface area contributed by atoms with E-state index < -0.39 is 24.9 Å². The maximum atomic E-state index is 12.8. The Balaban J connectivity index is 4.88. The van der Waals surface area contributed by atoms with Crippen molar-refractivity contribution in [2.24, 2.45) is 5.92 Å². The van der Waals surface area contributed by atoms with Crippen LogP contribution in [0, 0.1) is 5.92 Å². The minimum absolute atomic E-state index is 0.0196. The first-order valence-corrected chi connectivity index (χ1v) is 20.0. The van der Waals surface area contributed by atoms with Crippen molar-refractivity contribution < 1.29 is 13.6 Å². The van der Waals surface area contributed by atoms with E-state index in [4.69, 9.17) is 8.85 Å². The van der Waals surface area contributed by atoms with E-state index in [9.17, 15) is 4.79 Å². The lowest BCUT2D eigenvalue weighted by atomic mass is 10.2. The Kier molecular flexibility index (Phi) is 10.2. The smallest absolute Gasteiger partial charge is 0.296 e. The van der Waals surface area contributed by atoms with E-state index in [2.05, 4.69) is 78.1 Å². The molecule has 27 heavy (non-hydrogen) atoms. The molecule has 0 saturated carbocycles. The van der Waals surface area contributed by atoms with Gasteiger partial charge in [0.05, 0.1) is 5.92 Å². The van der Waals surface area contributed by atoms with Gasteiger partial charge in [0, 0.05) is 13.2 Å². The average Bonchev–Trinajstić information content (AvgIpc) is 2.42. The van der Waals surface area contributed by atoms with Crippen LogP contribution < -0.4 is 0 Å². The molecule has 0 radical (unpaired) electrons. The second-order valence-corrected chi connectivity index (χ2v) is 25.0. The Morgan fingerprint density at radius 2 is 1.56 bits per heavy atom. The molecule has 0 aromatic carbocycles. The fraction of sp³-hybridized carbons (Fsp3) is 0.950. The van der Waals surface area contributed by atoms with Crippen LogP contribution >= 0.6 is 0 Å². The molecule has 0 spiro atoms. The molecule has 0 aliphatic rings. The fourth-order valence-corrected chi connectivity index (χ4v) is 7.37. The van der Waals surface area contributed by atoms with Crippen LogP contribution in [0.3, 0.4) is 0 Å². The average molecular weight is 434 g/mol. The summed E-state index contributed by atoms with van der Waals surface area (Å²) in [5.41, 5.74) is 0. The predicted molar refractivity (Wildman–Crippen MR) is 126 cm³/mol. The third-order valence-corrected chi connectivity index (χ3v) is 15.0. The van der Waals surface area contributed by atoms with Crippen molar-refractivity contribution in [2.45, 2.75) is 98.0 Å². The minimum Gasteiger partial charge on any atom is -0.519 e. The summed E-state index contributed by atoms with van der Waals surface area (Å²) in [6.07, 6.45) is 1.15. The highest BCUT2D eigenvalue weighted by atomic mass is 28.4. The first-order chi connectivity index (χ1) is 11.9. The number of carbonyl (C=O) groups excluding carboxylic acids is 1. The monoisotopic (exact) mass is 433 g/mol. The molecule has 0 saturated heterocycles. The van der Waals surface area contributed by atoms with Gasteiger partial charge < -0.3 is 13.4 Å². The maximum Gasteiger partial charge on any atom is 0.296 e. The van der Waals surface area contributed by atoms with Crippen LogP contribution in [-0.2, 0) is 13.6 Å². The van der Waals surface area contributed by atoms with Crippen molar-refractivity contribution in [3.05, 3.63) is 0 Å². The molecule has 0 aromatic rings. The highest BCUT2D eigenvalue weighted by Gasteiger charge is 2.41. The molecule has 0 fully saturated rings. The van der Waals surface area contributed by atoms with Crippen molar-refractivity contribution in [3.8, 4) is 0 Å². The van der Waals surface area contributed by atoms with Crippen LogP contribution in [0.25, 0.3) is 0 Å². The second kappa shape index (κ2) is 10.2. The van der Waals surface area contributed by atoms with Gasteiger partial charge in [0.1, 0.15) is 8.24 Å². The molecule has 0 N–H and O–H groups in total. The van der Waals surface area contributed by atoms with E-state index in [0.29, 0.717) is 0 Å². The normalized spacial score (nSPS) is 15.1. The number of hydrogen-bond acceptors (Lipinski definition) is 4. The van der Waals surface area contributed by atoms with Gasteiger partial charge in [-0.05, 0) is 57.2 Å². The molecule has 0 heterocycles. The third kappa shape index (κ3) is 9.87. The van der Waals surface area contributed by atoms with Crippen LogP contribution in [-0.4, -0.2) is 55.1 Å². The zero-order chi connectivity index (χ0) is 21.7. The first-order valence-electron chi connectivity index (χ1n) is 10.5. The second-order valence-electron chi connectivity index (χ2n) is 11.0. The SMILES string of the molecule is CCO[Si](C)(C)CCCN(CC(C)C(=O)O[Si](C)(C)C(C)(C)C)[Si](C)(C)C. The van der Waals surface area contributed by atoms with Crippen LogP contribution in [0.15, 0.2) is 0 Å². The molecule has 0 amide bonds. The lowest BCUT2D eigenvalue weighted by Gasteiger charge is -2.39. The molecule has 4 nitrogen and oxygen atoms in total. The highest BCUT2D eigenvalue weighted by Crippen LogP contribution is 2.37. The largest absolute Gasteiger partial charge is 0.519 e. The van der Waals surface area contributed by atoms with E-state index >= 15 is 0 Å². The number of hydrogen-bond donors (Lipinski definition) is 0. The first kappa shape index (κ1) is 27.0. The Labute approximate surface area is 172 Å². The highest BCUT2D eigenvalue weighted by molar-refractivity contribution is 6.75. The van der Waals surface area contributed by atoms with Crippen LogP contribution in [0.1, 0.15) is 41.0 Å². The van der Waals surface area contributed by atoms with Crippen molar-refractivity contribution >= 4 is 30.8 Å².